The van der Waals surface area contributed by atoms with Gasteiger partial charge in [0.05, 0.1) is 6.20 Å². The predicted molar refractivity (Wildman–Crippen MR) is 100.0 cm³/mol. The Kier molecular flexibility index (Phi) is 7.99. The van der Waals surface area contributed by atoms with Crippen LogP contribution in [0.4, 0.5) is 0 Å². The van der Waals surface area contributed by atoms with Crippen molar-refractivity contribution in [2.24, 2.45) is 0 Å². The van der Waals surface area contributed by atoms with Gasteiger partial charge in [0.2, 0.25) is 0 Å². The van der Waals surface area contributed by atoms with E-state index in [-0.39, 0.29) is 36.8 Å². The monoisotopic (exact) mass is 373 g/mol. The molecule has 1 fully saturated rings. The van der Waals surface area contributed by atoms with Crippen molar-refractivity contribution in [2.75, 3.05) is 6.54 Å². The molecule has 0 saturated carbocycles. The summed E-state index contributed by atoms with van der Waals surface area (Å²) in [6.07, 6.45) is 3.64. The molecule has 0 bridgehead atoms. The Morgan fingerprint density at radius 3 is 2.74 bits per heavy atom. The Hall–Kier alpha value is -1.14. The molecule has 2 N–H and O–H groups in total. The summed E-state index contributed by atoms with van der Waals surface area (Å²) in [4.78, 5) is 17.3. The van der Waals surface area contributed by atoms with Crippen LogP contribution in [0, 0.1) is 0 Å². The van der Waals surface area contributed by atoms with Crippen LogP contribution in [-0.4, -0.2) is 29.5 Å². The number of halogens is 2. The van der Waals surface area contributed by atoms with E-state index in [0.29, 0.717) is 10.9 Å². The molecule has 0 radical (unpaired) electrons. The van der Waals surface area contributed by atoms with Gasteiger partial charge in [-0.2, -0.15) is 0 Å². The zero-order valence-electron chi connectivity index (χ0n) is 12.8. The van der Waals surface area contributed by atoms with Crippen LogP contribution >= 0.6 is 36.2 Å². The minimum atomic E-state index is -0.00576. The molecule has 23 heavy (non-hydrogen) atoms. The van der Waals surface area contributed by atoms with E-state index in [1.165, 1.54) is 11.3 Å². The average Bonchev–Trinajstić information content (AvgIpc) is 2.98. The number of thiazole rings is 1. The van der Waals surface area contributed by atoms with Gasteiger partial charge in [0.25, 0.3) is 5.91 Å². The second-order valence-corrected chi connectivity index (χ2v) is 6.48. The third-order valence-electron chi connectivity index (χ3n) is 3.71. The van der Waals surface area contributed by atoms with Gasteiger partial charge in [-0.15, -0.1) is 36.2 Å². The predicted octanol–water partition coefficient (Wildman–Crippen LogP) is 3.52. The van der Waals surface area contributed by atoms with Crippen molar-refractivity contribution in [2.45, 2.75) is 31.8 Å². The van der Waals surface area contributed by atoms with Crippen molar-refractivity contribution in [1.82, 2.24) is 15.6 Å². The second kappa shape index (κ2) is 9.23. The summed E-state index contributed by atoms with van der Waals surface area (Å²) in [7, 11) is 0. The second-order valence-electron chi connectivity index (χ2n) is 5.45. The van der Waals surface area contributed by atoms with E-state index < -0.39 is 0 Å². The topological polar surface area (TPSA) is 54.0 Å². The molecule has 2 unspecified atom stereocenters. The Bertz CT molecular complexity index is 621. The highest BCUT2D eigenvalue weighted by atomic mass is 35.5. The summed E-state index contributed by atoms with van der Waals surface area (Å²) in [6.45, 7) is 3.11. The maximum absolute atomic E-state index is 12.3. The number of nitrogens with zero attached hydrogens (tertiary/aromatic N) is 1. The van der Waals surface area contributed by atoms with Crippen molar-refractivity contribution in [1.29, 1.82) is 0 Å². The van der Waals surface area contributed by atoms with Crippen molar-refractivity contribution >= 4 is 42.1 Å². The molecule has 2 heterocycles. The average molecular weight is 374 g/mol. The fourth-order valence-electron chi connectivity index (χ4n) is 2.61. The Labute approximate surface area is 152 Å². The van der Waals surface area contributed by atoms with Crippen LogP contribution in [0.25, 0.3) is 10.6 Å². The summed E-state index contributed by atoms with van der Waals surface area (Å²) in [5.41, 5.74) is 1.05. The summed E-state index contributed by atoms with van der Waals surface area (Å²) in [6, 6.07) is 10.7. The number of amides is 1. The maximum Gasteiger partial charge on any atom is 0.263 e. The number of carbonyl (C=O) groups excluding carboxylic acids is 1. The highest BCUT2D eigenvalue weighted by Gasteiger charge is 2.21. The smallest absolute Gasteiger partial charge is 0.263 e. The molecule has 7 heteroatoms. The number of piperidine rings is 1. The van der Waals surface area contributed by atoms with E-state index in [2.05, 4.69) is 22.5 Å². The first-order valence-electron chi connectivity index (χ1n) is 7.28. The third kappa shape index (κ3) is 5.18. The molecular weight excluding hydrogens is 353 g/mol. The summed E-state index contributed by atoms with van der Waals surface area (Å²) in [5, 5.41) is 7.40. The molecule has 0 aliphatic carbocycles. The lowest BCUT2D eigenvalue weighted by Gasteiger charge is -2.28. The molecule has 0 spiro atoms. The summed E-state index contributed by atoms with van der Waals surface area (Å²) >= 11 is 1.44. The molecular formula is C16H21Cl2N3OS. The number of nitrogens with one attached hydrogen (secondary N) is 2. The van der Waals surface area contributed by atoms with Crippen LogP contribution in [0.3, 0.4) is 0 Å². The molecule has 1 aliphatic heterocycles. The van der Waals surface area contributed by atoms with E-state index in [4.69, 9.17) is 0 Å². The van der Waals surface area contributed by atoms with Gasteiger partial charge in [-0.3, -0.25) is 4.79 Å². The van der Waals surface area contributed by atoms with E-state index >= 15 is 0 Å². The van der Waals surface area contributed by atoms with E-state index in [9.17, 15) is 4.79 Å². The van der Waals surface area contributed by atoms with Crippen LogP contribution < -0.4 is 10.6 Å². The number of carbonyl (C=O) groups is 1. The Morgan fingerprint density at radius 2 is 2.04 bits per heavy atom. The number of aromatic nitrogens is 1. The van der Waals surface area contributed by atoms with Gasteiger partial charge in [0, 0.05) is 17.6 Å². The molecule has 1 amide bonds. The molecule has 1 aromatic carbocycles. The first kappa shape index (κ1) is 19.9. The quantitative estimate of drug-likeness (QED) is 0.864. The fraction of sp³-hybridized carbons (Fsp3) is 0.375. The van der Waals surface area contributed by atoms with Crippen molar-refractivity contribution in [3.8, 4) is 10.6 Å². The zero-order valence-corrected chi connectivity index (χ0v) is 15.3. The first-order chi connectivity index (χ1) is 10.2. The standard InChI is InChI=1S/C16H19N3OS.2ClH/c1-11-9-13(7-8-17-11)19-15(20)14-10-18-16(21-14)12-5-3-2-4-6-12;;/h2-6,10-11,13,17H,7-9H2,1H3,(H,19,20);2*1H. The molecule has 126 valence electrons. The number of rotatable bonds is 3. The van der Waals surface area contributed by atoms with Gasteiger partial charge in [-0.1, -0.05) is 30.3 Å². The maximum atomic E-state index is 12.3. The van der Waals surface area contributed by atoms with Crippen molar-refractivity contribution in [3.05, 3.63) is 41.4 Å². The number of hydrogen-bond donors (Lipinski definition) is 2. The Morgan fingerprint density at radius 1 is 1.30 bits per heavy atom. The van der Waals surface area contributed by atoms with Crippen LogP contribution in [-0.2, 0) is 0 Å². The third-order valence-corrected chi connectivity index (χ3v) is 4.75. The number of benzene rings is 1. The molecule has 2 aromatic rings. The lowest BCUT2D eigenvalue weighted by atomic mass is 10.0. The minimum absolute atomic E-state index is 0. The molecule has 4 nitrogen and oxygen atoms in total. The van der Waals surface area contributed by atoms with Gasteiger partial charge in [0.15, 0.2) is 0 Å². The minimum Gasteiger partial charge on any atom is -0.348 e. The molecule has 3 rings (SSSR count). The normalized spacial score (nSPS) is 20.0. The van der Waals surface area contributed by atoms with Gasteiger partial charge in [-0.05, 0) is 26.3 Å². The highest BCUT2D eigenvalue weighted by molar-refractivity contribution is 7.16. The van der Waals surface area contributed by atoms with Gasteiger partial charge >= 0.3 is 0 Å². The Balaban J connectivity index is 0.00000132. The van der Waals surface area contributed by atoms with E-state index in [1.807, 2.05) is 30.3 Å². The van der Waals surface area contributed by atoms with Crippen LogP contribution in [0.2, 0.25) is 0 Å². The lowest BCUT2D eigenvalue weighted by Crippen LogP contribution is -2.46. The van der Waals surface area contributed by atoms with Crippen molar-refractivity contribution in [3.63, 3.8) is 0 Å². The first-order valence-corrected chi connectivity index (χ1v) is 8.09. The largest absolute Gasteiger partial charge is 0.348 e. The molecule has 1 aliphatic rings. The molecule has 1 aromatic heterocycles. The highest BCUT2D eigenvalue weighted by Crippen LogP contribution is 2.25. The van der Waals surface area contributed by atoms with Gasteiger partial charge in [0.1, 0.15) is 9.88 Å². The van der Waals surface area contributed by atoms with Crippen molar-refractivity contribution < 1.29 is 4.79 Å². The fourth-order valence-corrected chi connectivity index (χ4v) is 3.44. The summed E-state index contributed by atoms with van der Waals surface area (Å²) < 4.78 is 0. The van der Waals surface area contributed by atoms with E-state index in [0.717, 1.165) is 30.0 Å². The lowest BCUT2D eigenvalue weighted by molar-refractivity contribution is 0.0929. The van der Waals surface area contributed by atoms with Crippen LogP contribution in [0.15, 0.2) is 36.5 Å². The zero-order chi connectivity index (χ0) is 14.7. The van der Waals surface area contributed by atoms with Crippen LogP contribution in [0.5, 0.6) is 0 Å². The molecule has 1 saturated heterocycles. The number of hydrogen-bond acceptors (Lipinski definition) is 4. The van der Waals surface area contributed by atoms with Gasteiger partial charge < -0.3 is 10.6 Å². The molecule has 2 atom stereocenters. The van der Waals surface area contributed by atoms with Gasteiger partial charge in [-0.25, -0.2) is 4.98 Å². The van der Waals surface area contributed by atoms with Crippen LogP contribution in [0.1, 0.15) is 29.4 Å². The van der Waals surface area contributed by atoms with E-state index in [1.54, 1.807) is 6.20 Å². The summed E-state index contributed by atoms with van der Waals surface area (Å²) in [5.74, 6) is -0.00576. The SMILES string of the molecule is CC1CC(NC(=O)c2cnc(-c3ccccc3)s2)CCN1.Cl.Cl.